The van der Waals surface area contributed by atoms with E-state index in [1.54, 1.807) is 0 Å². The van der Waals surface area contributed by atoms with Crippen LogP contribution in [0.3, 0.4) is 0 Å². The van der Waals surface area contributed by atoms with Gasteiger partial charge in [0, 0.05) is 38.4 Å². The molecule has 0 aliphatic carbocycles. The lowest BCUT2D eigenvalue weighted by Gasteiger charge is -2.32. The summed E-state index contributed by atoms with van der Waals surface area (Å²) in [6, 6.07) is 12.4. The van der Waals surface area contributed by atoms with Gasteiger partial charge in [0.15, 0.2) is 5.82 Å². The lowest BCUT2D eigenvalue weighted by Crippen LogP contribution is -2.41. The Morgan fingerprint density at radius 1 is 1.17 bits per heavy atom. The summed E-state index contributed by atoms with van der Waals surface area (Å²) in [6.45, 7) is 7.12. The summed E-state index contributed by atoms with van der Waals surface area (Å²) >= 11 is 0. The van der Waals surface area contributed by atoms with Crippen LogP contribution in [0.25, 0.3) is 16.6 Å². The van der Waals surface area contributed by atoms with E-state index in [-0.39, 0.29) is 17.9 Å². The third-order valence-electron chi connectivity index (χ3n) is 5.58. The molecule has 0 saturated carbocycles. The molecule has 0 unspecified atom stereocenters. The highest BCUT2D eigenvalue weighted by molar-refractivity contribution is 5.85. The third-order valence-corrected chi connectivity index (χ3v) is 5.58. The molecule has 1 fully saturated rings. The van der Waals surface area contributed by atoms with Crippen molar-refractivity contribution < 1.29 is 9.53 Å². The highest BCUT2D eigenvalue weighted by Gasteiger charge is 2.26. The number of aromatic nitrogens is 2. The van der Waals surface area contributed by atoms with Gasteiger partial charge in [-0.1, -0.05) is 12.1 Å². The van der Waals surface area contributed by atoms with E-state index in [2.05, 4.69) is 45.1 Å². The molecule has 1 saturated heterocycles. The molecule has 1 N–H and O–H groups in total. The molecule has 2 aromatic heterocycles. The van der Waals surface area contributed by atoms with Crippen LogP contribution in [-0.4, -0.2) is 47.6 Å². The zero-order valence-corrected chi connectivity index (χ0v) is 17.3. The SMILES string of the molecule is CC(C)OCCCNC(=O)C1CCN(c2nc3ccccc3n3cccc23)CC1. The lowest BCUT2D eigenvalue weighted by molar-refractivity contribution is -0.125. The maximum atomic E-state index is 12.5. The van der Waals surface area contributed by atoms with Crippen molar-refractivity contribution in [2.24, 2.45) is 5.92 Å². The number of hydrogen-bond acceptors (Lipinski definition) is 4. The van der Waals surface area contributed by atoms with E-state index >= 15 is 0 Å². The molecule has 3 heterocycles. The van der Waals surface area contributed by atoms with Gasteiger partial charge < -0.3 is 19.4 Å². The normalized spacial score (nSPS) is 15.5. The standard InChI is InChI=1S/C23H30N4O2/c1-17(2)29-16-6-12-24-23(28)18-10-14-26(15-11-18)22-21-9-5-13-27(21)20-8-4-3-7-19(20)25-22/h3-5,7-9,13,17-18H,6,10-12,14-16H2,1-2H3,(H,24,28). The van der Waals surface area contributed by atoms with E-state index in [9.17, 15) is 4.79 Å². The Bertz CT molecular complexity index is 973. The summed E-state index contributed by atoms with van der Waals surface area (Å²) in [7, 11) is 0. The fourth-order valence-corrected chi connectivity index (χ4v) is 4.04. The largest absolute Gasteiger partial charge is 0.379 e. The van der Waals surface area contributed by atoms with Gasteiger partial charge in [-0.15, -0.1) is 0 Å². The average molecular weight is 395 g/mol. The fourth-order valence-electron chi connectivity index (χ4n) is 4.04. The minimum atomic E-state index is 0.0838. The van der Waals surface area contributed by atoms with Crippen molar-refractivity contribution in [3.8, 4) is 0 Å². The van der Waals surface area contributed by atoms with Crippen LogP contribution in [0.4, 0.5) is 5.82 Å². The van der Waals surface area contributed by atoms with Crippen LogP contribution in [0.5, 0.6) is 0 Å². The number of fused-ring (bicyclic) bond motifs is 3. The number of nitrogens with zero attached hydrogens (tertiary/aromatic N) is 3. The van der Waals surface area contributed by atoms with Crippen LogP contribution in [0.1, 0.15) is 33.1 Å². The molecule has 3 aromatic rings. The predicted molar refractivity (Wildman–Crippen MR) is 116 cm³/mol. The molecule has 6 heteroatoms. The van der Waals surface area contributed by atoms with E-state index < -0.39 is 0 Å². The van der Waals surface area contributed by atoms with Gasteiger partial charge in [-0.05, 0) is 57.4 Å². The zero-order valence-electron chi connectivity index (χ0n) is 17.3. The van der Waals surface area contributed by atoms with Gasteiger partial charge in [0.2, 0.25) is 5.91 Å². The molecule has 0 atom stereocenters. The summed E-state index contributed by atoms with van der Waals surface area (Å²) in [5.74, 6) is 1.27. The molecule has 0 radical (unpaired) electrons. The number of para-hydroxylation sites is 2. The minimum Gasteiger partial charge on any atom is -0.379 e. The molecule has 154 valence electrons. The summed E-state index contributed by atoms with van der Waals surface area (Å²) < 4.78 is 7.73. The number of piperidine rings is 1. The van der Waals surface area contributed by atoms with Crippen LogP contribution >= 0.6 is 0 Å². The van der Waals surface area contributed by atoms with E-state index in [1.807, 2.05) is 26.0 Å². The summed E-state index contributed by atoms with van der Waals surface area (Å²) in [5, 5.41) is 3.07. The van der Waals surface area contributed by atoms with Gasteiger partial charge in [-0.2, -0.15) is 0 Å². The van der Waals surface area contributed by atoms with Gasteiger partial charge >= 0.3 is 0 Å². The number of rotatable bonds is 7. The Kier molecular flexibility index (Phi) is 6.00. The first-order valence-corrected chi connectivity index (χ1v) is 10.6. The molecule has 1 aliphatic heterocycles. The van der Waals surface area contributed by atoms with E-state index in [1.165, 1.54) is 0 Å². The first-order chi connectivity index (χ1) is 14.1. The van der Waals surface area contributed by atoms with Gasteiger partial charge in [-0.3, -0.25) is 4.79 Å². The molecule has 4 rings (SSSR count). The molecule has 0 spiro atoms. The molecular weight excluding hydrogens is 364 g/mol. The highest BCUT2D eigenvalue weighted by Crippen LogP contribution is 2.28. The second-order valence-electron chi connectivity index (χ2n) is 8.01. The van der Waals surface area contributed by atoms with Crippen molar-refractivity contribution in [1.82, 2.24) is 14.7 Å². The minimum absolute atomic E-state index is 0.0838. The number of carbonyl (C=O) groups is 1. The predicted octanol–water partition coefficient (Wildman–Crippen LogP) is 3.64. The van der Waals surface area contributed by atoms with Crippen LogP contribution in [0, 0.1) is 5.92 Å². The summed E-state index contributed by atoms with van der Waals surface area (Å²) in [5.41, 5.74) is 3.23. The van der Waals surface area contributed by atoms with Crippen LogP contribution in [0.15, 0.2) is 42.6 Å². The molecule has 1 aliphatic rings. The Hall–Kier alpha value is -2.60. The first-order valence-electron chi connectivity index (χ1n) is 10.6. The molecule has 0 bridgehead atoms. The Balaban J connectivity index is 1.37. The van der Waals surface area contributed by atoms with Crippen molar-refractivity contribution in [3.05, 3.63) is 42.6 Å². The van der Waals surface area contributed by atoms with E-state index in [4.69, 9.17) is 9.72 Å². The Morgan fingerprint density at radius 3 is 2.72 bits per heavy atom. The van der Waals surface area contributed by atoms with Crippen LogP contribution in [0.2, 0.25) is 0 Å². The fraction of sp³-hybridized carbons (Fsp3) is 0.478. The number of amides is 1. The van der Waals surface area contributed by atoms with Crippen LogP contribution in [-0.2, 0) is 9.53 Å². The maximum Gasteiger partial charge on any atom is 0.223 e. The molecular formula is C23H30N4O2. The zero-order chi connectivity index (χ0) is 20.2. The van der Waals surface area contributed by atoms with Crippen molar-refractivity contribution in [2.45, 2.75) is 39.2 Å². The number of carbonyl (C=O) groups excluding carboxylic acids is 1. The summed E-state index contributed by atoms with van der Waals surface area (Å²) in [6.07, 6.45) is 4.90. The lowest BCUT2D eigenvalue weighted by atomic mass is 9.96. The van der Waals surface area contributed by atoms with Crippen molar-refractivity contribution >= 4 is 28.3 Å². The topological polar surface area (TPSA) is 58.9 Å². The second-order valence-corrected chi connectivity index (χ2v) is 8.01. The van der Waals surface area contributed by atoms with E-state index in [0.717, 1.165) is 54.7 Å². The number of ether oxygens (including phenoxy) is 1. The third kappa shape index (κ3) is 4.37. The molecule has 6 nitrogen and oxygen atoms in total. The molecule has 29 heavy (non-hydrogen) atoms. The quantitative estimate of drug-likeness (QED) is 0.622. The Labute approximate surface area is 171 Å². The maximum absolute atomic E-state index is 12.5. The van der Waals surface area contributed by atoms with E-state index in [0.29, 0.717) is 13.2 Å². The van der Waals surface area contributed by atoms with Gasteiger partial charge in [0.05, 0.1) is 22.7 Å². The second kappa shape index (κ2) is 8.82. The van der Waals surface area contributed by atoms with Crippen molar-refractivity contribution in [3.63, 3.8) is 0 Å². The van der Waals surface area contributed by atoms with Gasteiger partial charge in [-0.25, -0.2) is 4.98 Å². The number of benzene rings is 1. The van der Waals surface area contributed by atoms with Crippen LogP contribution < -0.4 is 10.2 Å². The monoisotopic (exact) mass is 394 g/mol. The highest BCUT2D eigenvalue weighted by atomic mass is 16.5. The van der Waals surface area contributed by atoms with Crippen molar-refractivity contribution in [2.75, 3.05) is 31.1 Å². The molecule has 1 amide bonds. The van der Waals surface area contributed by atoms with Gasteiger partial charge in [0.25, 0.3) is 0 Å². The first kappa shape index (κ1) is 19.7. The number of anilines is 1. The molecule has 1 aromatic carbocycles. The van der Waals surface area contributed by atoms with Gasteiger partial charge in [0.1, 0.15) is 0 Å². The average Bonchev–Trinajstić information content (AvgIpc) is 3.23. The summed E-state index contributed by atoms with van der Waals surface area (Å²) in [4.78, 5) is 19.8. The Morgan fingerprint density at radius 2 is 1.93 bits per heavy atom. The number of nitrogens with one attached hydrogen (secondary N) is 1. The number of hydrogen-bond donors (Lipinski definition) is 1. The smallest absolute Gasteiger partial charge is 0.223 e. The van der Waals surface area contributed by atoms with Crippen molar-refractivity contribution in [1.29, 1.82) is 0 Å².